The molecule has 0 aliphatic carbocycles. The van der Waals surface area contributed by atoms with Crippen molar-refractivity contribution in [3.05, 3.63) is 23.5 Å². The Kier molecular flexibility index (Phi) is 6.57. The molecule has 1 aromatic carbocycles. The molecule has 0 spiro atoms. The number of nitrogens with two attached hydrogens (primary N) is 1. The first-order chi connectivity index (χ1) is 9.74. The van der Waals surface area contributed by atoms with Gasteiger partial charge in [0.15, 0.2) is 0 Å². The highest BCUT2D eigenvalue weighted by molar-refractivity contribution is 7.89. The van der Waals surface area contributed by atoms with E-state index in [2.05, 4.69) is 18.6 Å². The van der Waals surface area contributed by atoms with Crippen LogP contribution in [0.1, 0.15) is 25.8 Å². The summed E-state index contributed by atoms with van der Waals surface area (Å²) in [5.41, 5.74) is 6.37. The number of sulfonamides is 1. The molecule has 0 atom stereocenters. The molecule has 120 valence electrons. The number of anilines is 1. The van der Waals surface area contributed by atoms with E-state index in [1.807, 2.05) is 0 Å². The topological polar surface area (TPSA) is 81.4 Å². The van der Waals surface area contributed by atoms with Crippen LogP contribution in [0.3, 0.4) is 0 Å². The van der Waals surface area contributed by atoms with Crippen LogP contribution in [-0.2, 0) is 14.8 Å². The second-order valence-electron chi connectivity index (χ2n) is 5.33. The molecule has 3 N–H and O–H groups in total. The van der Waals surface area contributed by atoms with Gasteiger partial charge in [-0.1, -0.05) is 13.8 Å². The minimum atomic E-state index is -3.92. The van der Waals surface area contributed by atoms with Crippen molar-refractivity contribution in [3.8, 4) is 0 Å². The molecule has 0 aliphatic rings. The van der Waals surface area contributed by atoms with Gasteiger partial charge in [-0.05, 0) is 37.0 Å². The van der Waals surface area contributed by atoms with Crippen LogP contribution >= 0.6 is 0 Å². The van der Waals surface area contributed by atoms with E-state index >= 15 is 0 Å². The Balaban J connectivity index is 2.56. The zero-order valence-electron chi connectivity index (χ0n) is 12.6. The number of rotatable bonds is 8. The molecule has 7 heteroatoms. The standard InChI is InChI=1S/C14H23FN2O3S/c1-10(2)4-6-20-7-5-17-21(18,19)14-9-13(16)11(3)8-12(14)15/h8-10,17H,4-7,16H2,1-3H3. The van der Waals surface area contributed by atoms with E-state index < -0.39 is 20.7 Å². The smallest absolute Gasteiger partial charge is 0.243 e. The van der Waals surface area contributed by atoms with Crippen molar-refractivity contribution in [1.82, 2.24) is 4.72 Å². The number of aryl methyl sites for hydroxylation is 1. The molecule has 1 rings (SSSR count). The fourth-order valence-corrected chi connectivity index (χ4v) is 2.73. The van der Waals surface area contributed by atoms with E-state index in [0.717, 1.165) is 18.6 Å². The maximum atomic E-state index is 13.7. The molecule has 0 unspecified atom stereocenters. The minimum absolute atomic E-state index is 0.0909. The molecule has 0 aromatic heterocycles. The third-order valence-electron chi connectivity index (χ3n) is 2.99. The first-order valence-corrected chi connectivity index (χ1v) is 8.35. The van der Waals surface area contributed by atoms with Crippen molar-refractivity contribution in [2.75, 3.05) is 25.5 Å². The predicted octanol–water partition coefficient (Wildman–Crippen LogP) is 2.06. The first-order valence-electron chi connectivity index (χ1n) is 6.87. The van der Waals surface area contributed by atoms with E-state index in [4.69, 9.17) is 10.5 Å². The normalized spacial score (nSPS) is 12.0. The highest BCUT2D eigenvalue weighted by Gasteiger charge is 2.19. The molecule has 0 aliphatic heterocycles. The van der Waals surface area contributed by atoms with E-state index in [-0.39, 0.29) is 18.8 Å². The molecule has 0 heterocycles. The van der Waals surface area contributed by atoms with Crippen LogP contribution < -0.4 is 10.5 Å². The van der Waals surface area contributed by atoms with Gasteiger partial charge in [0.2, 0.25) is 10.0 Å². The zero-order valence-corrected chi connectivity index (χ0v) is 13.5. The summed E-state index contributed by atoms with van der Waals surface area (Å²) in [6, 6.07) is 2.25. The summed E-state index contributed by atoms with van der Waals surface area (Å²) >= 11 is 0. The van der Waals surface area contributed by atoms with Crippen molar-refractivity contribution in [1.29, 1.82) is 0 Å². The Bertz CT molecular complexity index is 574. The summed E-state index contributed by atoms with van der Waals surface area (Å²) in [7, 11) is -3.92. The number of nitrogen functional groups attached to an aromatic ring is 1. The van der Waals surface area contributed by atoms with Crippen LogP contribution in [0.25, 0.3) is 0 Å². The van der Waals surface area contributed by atoms with Gasteiger partial charge >= 0.3 is 0 Å². The zero-order chi connectivity index (χ0) is 16.0. The highest BCUT2D eigenvalue weighted by atomic mass is 32.2. The largest absolute Gasteiger partial charge is 0.398 e. The molecule has 5 nitrogen and oxygen atoms in total. The Hall–Kier alpha value is -1.18. The van der Waals surface area contributed by atoms with Gasteiger partial charge in [-0.2, -0.15) is 0 Å². The van der Waals surface area contributed by atoms with Gasteiger partial charge in [-0.3, -0.25) is 0 Å². The molecular formula is C14H23FN2O3S. The monoisotopic (exact) mass is 318 g/mol. The molecule has 0 amide bonds. The number of ether oxygens (including phenoxy) is 1. The van der Waals surface area contributed by atoms with Gasteiger partial charge in [0, 0.05) is 18.8 Å². The number of hydrogen-bond donors (Lipinski definition) is 2. The van der Waals surface area contributed by atoms with Gasteiger partial charge in [0.05, 0.1) is 6.61 Å². The van der Waals surface area contributed by atoms with Crippen molar-refractivity contribution in [2.24, 2.45) is 5.92 Å². The third-order valence-corrected chi connectivity index (χ3v) is 4.46. The van der Waals surface area contributed by atoms with Gasteiger partial charge in [0.25, 0.3) is 0 Å². The molecule has 21 heavy (non-hydrogen) atoms. The lowest BCUT2D eigenvalue weighted by molar-refractivity contribution is 0.128. The van der Waals surface area contributed by atoms with Crippen molar-refractivity contribution >= 4 is 15.7 Å². The lowest BCUT2D eigenvalue weighted by Gasteiger charge is -2.10. The Morgan fingerprint density at radius 1 is 1.33 bits per heavy atom. The average molecular weight is 318 g/mol. The first kappa shape index (κ1) is 17.9. The Morgan fingerprint density at radius 3 is 2.62 bits per heavy atom. The van der Waals surface area contributed by atoms with Crippen molar-refractivity contribution in [3.63, 3.8) is 0 Å². The lowest BCUT2D eigenvalue weighted by Crippen LogP contribution is -2.28. The highest BCUT2D eigenvalue weighted by Crippen LogP contribution is 2.21. The summed E-state index contributed by atoms with van der Waals surface area (Å²) in [6.45, 7) is 6.69. The minimum Gasteiger partial charge on any atom is -0.398 e. The summed E-state index contributed by atoms with van der Waals surface area (Å²) < 4.78 is 45.3. The number of hydrogen-bond acceptors (Lipinski definition) is 4. The van der Waals surface area contributed by atoms with Crippen LogP contribution in [-0.4, -0.2) is 28.2 Å². The Labute approximate surface area is 125 Å². The van der Waals surface area contributed by atoms with Crippen LogP contribution in [0.4, 0.5) is 10.1 Å². The van der Waals surface area contributed by atoms with Gasteiger partial charge < -0.3 is 10.5 Å². The van der Waals surface area contributed by atoms with Crippen LogP contribution in [0.5, 0.6) is 0 Å². The van der Waals surface area contributed by atoms with Crippen LogP contribution in [0.2, 0.25) is 0 Å². The van der Waals surface area contributed by atoms with Gasteiger partial charge in [0.1, 0.15) is 10.7 Å². The van der Waals surface area contributed by atoms with Crippen LogP contribution in [0, 0.1) is 18.7 Å². The molecule has 0 saturated carbocycles. The summed E-state index contributed by atoms with van der Waals surface area (Å²) in [5, 5.41) is 0. The maximum absolute atomic E-state index is 13.7. The summed E-state index contributed by atoms with van der Waals surface area (Å²) in [5.74, 6) is -0.277. The number of halogens is 1. The predicted molar refractivity (Wildman–Crippen MR) is 81.0 cm³/mol. The third kappa shape index (κ3) is 5.61. The number of benzene rings is 1. The maximum Gasteiger partial charge on any atom is 0.243 e. The fourth-order valence-electron chi connectivity index (χ4n) is 1.62. The number of nitrogens with one attached hydrogen (secondary N) is 1. The molecule has 0 bridgehead atoms. The van der Waals surface area contributed by atoms with Gasteiger partial charge in [-0.15, -0.1) is 0 Å². The van der Waals surface area contributed by atoms with E-state index in [1.54, 1.807) is 6.92 Å². The molecular weight excluding hydrogens is 295 g/mol. The van der Waals surface area contributed by atoms with Crippen LogP contribution in [0.15, 0.2) is 17.0 Å². The van der Waals surface area contributed by atoms with E-state index in [1.165, 1.54) is 0 Å². The molecule has 0 radical (unpaired) electrons. The molecule has 0 fully saturated rings. The summed E-state index contributed by atoms with van der Waals surface area (Å²) in [6.07, 6.45) is 0.913. The lowest BCUT2D eigenvalue weighted by atomic mass is 10.1. The average Bonchev–Trinajstić information content (AvgIpc) is 2.37. The van der Waals surface area contributed by atoms with E-state index in [9.17, 15) is 12.8 Å². The van der Waals surface area contributed by atoms with Gasteiger partial charge in [-0.25, -0.2) is 17.5 Å². The second kappa shape index (κ2) is 7.72. The molecule has 0 saturated heterocycles. The quantitative estimate of drug-likeness (QED) is 0.568. The molecule has 1 aromatic rings. The van der Waals surface area contributed by atoms with Crippen molar-refractivity contribution in [2.45, 2.75) is 32.1 Å². The Morgan fingerprint density at radius 2 is 2.00 bits per heavy atom. The van der Waals surface area contributed by atoms with Crippen molar-refractivity contribution < 1.29 is 17.5 Å². The summed E-state index contributed by atoms with van der Waals surface area (Å²) in [4.78, 5) is -0.437. The van der Waals surface area contributed by atoms with E-state index in [0.29, 0.717) is 18.1 Å². The fraction of sp³-hybridized carbons (Fsp3) is 0.571. The SMILES string of the molecule is Cc1cc(F)c(S(=O)(=O)NCCOCCC(C)C)cc1N. The second-order valence-corrected chi connectivity index (χ2v) is 7.07.